The van der Waals surface area contributed by atoms with E-state index in [2.05, 4.69) is 17.1 Å². The summed E-state index contributed by atoms with van der Waals surface area (Å²) in [4.78, 5) is 14.9. The monoisotopic (exact) mass is 292 g/mol. The van der Waals surface area contributed by atoms with Gasteiger partial charge in [0.05, 0.1) is 0 Å². The van der Waals surface area contributed by atoms with Crippen molar-refractivity contribution in [1.29, 1.82) is 0 Å². The fraction of sp³-hybridized carbons (Fsp3) is 0.562. The van der Waals surface area contributed by atoms with E-state index in [0.717, 1.165) is 37.2 Å². The zero-order valence-corrected chi connectivity index (χ0v) is 12.8. The molecule has 3 nitrogen and oxygen atoms in total. The summed E-state index contributed by atoms with van der Waals surface area (Å²) < 4.78 is 0. The number of likely N-dealkylation sites (tertiary alicyclic amines) is 1. The van der Waals surface area contributed by atoms with Crippen LogP contribution in [-0.2, 0) is 0 Å². The van der Waals surface area contributed by atoms with Gasteiger partial charge in [-0.25, -0.2) is 0 Å². The Morgan fingerprint density at radius 2 is 2.20 bits per heavy atom. The van der Waals surface area contributed by atoms with E-state index in [1.165, 1.54) is 0 Å². The van der Waals surface area contributed by atoms with Crippen LogP contribution in [0.2, 0.25) is 5.02 Å². The fourth-order valence-corrected chi connectivity index (χ4v) is 4.09. The number of nitrogens with zero attached hydrogens (tertiary/aromatic N) is 1. The molecule has 4 heteroatoms. The van der Waals surface area contributed by atoms with Crippen molar-refractivity contribution in [2.75, 3.05) is 19.6 Å². The lowest BCUT2D eigenvalue weighted by atomic mass is 9.93. The number of fused-ring (bicyclic) bond motifs is 1. The Morgan fingerprint density at radius 1 is 1.40 bits per heavy atom. The van der Waals surface area contributed by atoms with Crippen molar-refractivity contribution in [1.82, 2.24) is 10.2 Å². The van der Waals surface area contributed by atoms with Gasteiger partial charge < -0.3 is 10.2 Å². The number of benzene rings is 1. The lowest BCUT2D eigenvalue weighted by Crippen LogP contribution is -2.39. The maximum atomic E-state index is 12.8. The number of rotatable bonds is 2. The Labute approximate surface area is 125 Å². The molecule has 2 aliphatic heterocycles. The number of aryl methyl sites for hydroxylation is 1. The highest BCUT2D eigenvalue weighted by molar-refractivity contribution is 6.31. The molecule has 2 aliphatic rings. The van der Waals surface area contributed by atoms with E-state index < -0.39 is 0 Å². The van der Waals surface area contributed by atoms with Crippen molar-refractivity contribution in [3.05, 3.63) is 34.3 Å². The number of hydrogen-bond acceptors (Lipinski definition) is 2. The molecule has 1 aromatic carbocycles. The van der Waals surface area contributed by atoms with E-state index in [0.29, 0.717) is 22.9 Å². The molecule has 2 saturated heterocycles. The van der Waals surface area contributed by atoms with Crippen molar-refractivity contribution < 1.29 is 4.79 Å². The van der Waals surface area contributed by atoms with Gasteiger partial charge in [-0.2, -0.15) is 0 Å². The molecule has 108 valence electrons. The summed E-state index contributed by atoms with van der Waals surface area (Å²) in [6.45, 7) is 7.11. The first-order chi connectivity index (χ1) is 9.60. The van der Waals surface area contributed by atoms with E-state index in [1.807, 2.05) is 19.1 Å². The smallest absolute Gasteiger partial charge is 0.254 e. The number of carbonyl (C=O) groups excluding carboxylic acids is 1. The molecular formula is C16H21ClN2O. The van der Waals surface area contributed by atoms with Gasteiger partial charge in [-0.05, 0) is 48.9 Å². The van der Waals surface area contributed by atoms with E-state index in [4.69, 9.17) is 11.6 Å². The second-order valence-corrected chi connectivity index (χ2v) is 6.47. The quantitative estimate of drug-likeness (QED) is 0.909. The third kappa shape index (κ3) is 2.33. The molecule has 0 spiro atoms. The van der Waals surface area contributed by atoms with Crippen molar-refractivity contribution in [3.63, 3.8) is 0 Å². The molecular weight excluding hydrogens is 272 g/mol. The third-order valence-electron chi connectivity index (χ3n) is 4.69. The fourth-order valence-electron chi connectivity index (χ4n) is 3.81. The topological polar surface area (TPSA) is 32.3 Å². The molecule has 20 heavy (non-hydrogen) atoms. The maximum absolute atomic E-state index is 12.8. The zero-order chi connectivity index (χ0) is 14.3. The molecule has 0 bridgehead atoms. The zero-order valence-electron chi connectivity index (χ0n) is 12.0. The predicted octanol–water partition coefficient (Wildman–Crippen LogP) is 2.72. The van der Waals surface area contributed by atoms with Crippen LogP contribution >= 0.6 is 11.6 Å². The Hall–Kier alpha value is -1.06. The lowest BCUT2D eigenvalue weighted by Gasteiger charge is -2.27. The van der Waals surface area contributed by atoms with Gasteiger partial charge >= 0.3 is 0 Å². The molecule has 1 amide bonds. The van der Waals surface area contributed by atoms with Gasteiger partial charge in [-0.3, -0.25) is 4.79 Å². The minimum Gasteiger partial charge on any atom is -0.335 e. The van der Waals surface area contributed by atoms with Gasteiger partial charge in [0.15, 0.2) is 0 Å². The molecule has 1 aromatic rings. The van der Waals surface area contributed by atoms with Crippen molar-refractivity contribution in [3.8, 4) is 0 Å². The van der Waals surface area contributed by atoms with Gasteiger partial charge in [-0.15, -0.1) is 0 Å². The third-order valence-corrected chi connectivity index (χ3v) is 4.90. The summed E-state index contributed by atoms with van der Waals surface area (Å²) in [5.74, 6) is 1.37. The highest BCUT2D eigenvalue weighted by Gasteiger charge is 2.45. The summed E-state index contributed by atoms with van der Waals surface area (Å²) >= 11 is 6.09. The number of nitrogens with one attached hydrogen (secondary N) is 1. The summed E-state index contributed by atoms with van der Waals surface area (Å²) in [7, 11) is 0. The number of halogens is 1. The number of hydrogen-bond donors (Lipinski definition) is 1. The van der Waals surface area contributed by atoms with Crippen molar-refractivity contribution >= 4 is 17.5 Å². The first-order valence-corrected chi connectivity index (χ1v) is 7.77. The molecule has 3 atom stereocenters. The van der Waals surface area contributed by atoms with Crippen molar-refractivity contribution in [2.24, 2.45) is 11.8 Å². The molecule has 2 heterocycles. The first-order valence-electron chi connectivity index (χ1n) is 7.39. The second kappa shape index (κ2) is 5.38. The van der Waals surface area contributed by atoms with Crippen LogP contribution in [0, 0.1) is 18.8 Å². The van der Waals surface area contributed by atoms with Crippen molar-refractivity contribution in [2.45, 2.75) is 26.3 Å². The first kappa shape index (κ1) is 13.9. The van der Waals surface area contributed by atoms with Gasteiger partial charge in [-0.1, -0.05) is 18.5 Å². The average Bonchev–Trinajstić information content (AvgIpc) is 2.96. The molecule has 0 aromatic heterocycles. The summed E-state index contributed by atoms with van der Waals surface area (Å²) in [6, 6.07) is 5.98. The molecule has 2 fully saturated rings. The molecule has 1 N–H and O–H groups in total. The Balaban J connectivity index is 1.86. The Bertz CT molecular complexity index is 511. The van der Waals surface area contributed by atoms with E-state index in [1.54, 1.807) is 6.07 Å². The summed E-state index contributed by atoms with van der Waals surface area (Å²) in [5.41, 5.74) is 1.76. The van der Waals surface area contributed by atoms with E-state index >= 15 is 0 Å². The highest BCUT2D eigenvalue weighted by Crippen LogP contribution is 2.35. The van der Waals surface area contributed by atoms with Gasteiger partial charge in [0, 0.05) is 36.3 Å². The number of amides is 1. The Morgan fingerprint density at radius 3 is 2.90 bits per heavy atom. The van der Waals surface area contributed by atoms with Crippen LogP contribution in [0.1, 0.15) is 29.3 Å². The van der Waals surface area contributed by atoms with Gasteiger partial charge in [0.1, 0.15) is 0 Å². The van der Waals surface area contributed by atoms with Crippen LogP contribution < -0.4 is 5.32 Å². The minimum absolute atomic E-state index is 0.136. The predicted molar refractivity (Wildman–Crippen MR) is 81.2 cm³/mol. The highest BCUT2D eigenvalue weighted by atomic mass is 35.5. The second-order valence-electron chi connectivity index (χ2n) is 6.03. The van der Waals surface area contributed by atoms with Crippen LogP contribution in [-0.4, -0.2) is 36.5 Å². The Kier molecular flexibility index (Phi) is 3.74. The molecule has 0 saturated carbocycles. The van der Waals surface area contributed by atoms with E-state index in [-0.39, 0.29) is 5.91 Å². The van der Waals surface area contributed by atoms with Crippen LogP contribution in [0.25, 0.3) is 0 Å². The van der Waals surface area contributed by atoms with Crippen LogP contribution in [0.5, 0.6) is 0 Å². The normalized spacial score (nSPS) is 28.8. The maximum Gasteiger partial charge on any atom is 0.254 e. The van der Waals surface area contributed by atoms with Crippen LogP contribution in [0.3, 0.4) is 0 Å². The standard InChI is InChI=1S/C16H21ClN2O/c1-3-15-14-8-18-7-12(14)9-19(15)16(20)11-4-10(2)5-13(17)6-11/h4-6,12,14-15,18H,3,7-9H2,1-2H3. The largest absolute Gasteiger partial charge is 0.335 e. The molecule has 0 radical (unpaired) electrons. The van der Waals surface area contributed by atoms with Crippen LogP contribution in [0.4, 0.5) is 0 Å². The number of carbonyl (C=O) groups is 1. The van der Waals surface area contributed by atoms with Gasteiger partial charge in [0.25, 0.3) is 5.91 Å². The molecule has 0 aliphatic carbocycles. The molecule has 3 rings (SSSR count). The summed E-state index contributed by atoms with van der Waals surface area (Å²) in [6.07, 6.45) is 1.02. The lowest BCUT2D eigenvalue weighted by molar-refractivity contribution is 0.0711. The van der Waals surface area contributed by atoms with Crippen LogP contribution in [0.15, 0.2) is 18.2 Å². The van der Waals surface area contributed by atoms with E-state index in [9.17, 15) is 4.79 Å². The summed E-state index contributed by atoms with van der Waals surface area (Å²) in [5, 5.41) is 4.09. The SMILES string of the molecule is CCC1C2CNCC2CN1C(=O)c1cc(C)cc(Cl)c1. The minimum atomic E-state index is 0.136. The van der Waals surface area contributed by atoms with Gasteiger partial charge in [0.2, 0.25) is 0 Å². The average molecular weight is 293 g/mol. The molecule has 3 unspecified atom stereocenters.